The molecule has 1 rings (SSSR count). The summed E-state index contributed by atoms with van der Waals surface area (Å²) in [6.45, 7) is 4.80. The minimum atomic E-state index is -0.203. The number of carbonyl (C=O) groups is 1. The highest BCUT2D eigenvalue weighted by atomic mass is 35.5. The topological polar surface area (TPSA) is 75.3 Å². The number of benzene rings is 1. The molecule has 0 atom stereocenters. The fraction of sp³-hybridized carbons (Fsp3) is 0.500. The Morgan fingerprint density at radius 2 is 2.16 bits per heavy atom. The zero-order valence-corrected chi connectivity index (χ0v) is 12.1. The van der Waals surface area contributed by atoms with Crippen molar-refractivity contribution in [3.63, 3.8) is 0 Å². The van der Waals surface area contributed by atoms with Crippen molar-refractivity contribution in [1.82, 2.24) is 5.32 Å². The Labute approximate surface area is 118 Å². The third-order valence-electron chi connectivity index (χ3n) is 3.00. The van der Waals surface area contributed by atoms with Crippen LogP contribution in [0.4, 0.5) is 5.69 Å². The Bertz CT molecular complexity index is 447. The number of nitrogen functional groups attached to an aromatic ring is 1. The molecule has 4 nitrogen and oxygen atoms in total. The number of amides is 1. The van der Waals surface area contributed by atoms with Gasteiger partial charge in [-0.1, -0.05) is 25.4 Å². The van der Waals surface area contributed by atoms with Crippen molar-refractivity contribution in [2.45, 2.75) is 26.7 Å². The zero-order valence-electron chi connectivity index (χ0n) is 11.4. The summed E-state index contributed by atoms with van der Waals surface area (Å²) >= 11 is 5.79. The first kappa shape index (κ1) is 15.8. The van der Waals surface area contributed by atoms with Crippen molar-refractivity contribution in [3.05, 3.63) is 28.8 Å². The number of nitrogens with two attached hydrogens (primary N) is 1. The lowest BCUT2D eigenvalue weighted by Gasteiger charge is -2.24. The van der Waals surface area contributed by atoms with E-state index in [-0.39, 0.29) is 17.9 Å². The fourth-order valence-electron chi connectivity index (χ4n) is 1.80. The van der Waals surface area contributed by atoms with Crippen LogP contribution in [-0.4, -0.2) is 24.2 Å². The minimum absolute atomic E-state index is 0.0560. The third kappa shape index (κ3) is 5.09. The first-order chi connectivity index (χ1) is 8.85. The summed E-state index contributed by atoms with van der Waals surface area (Å²) in [6.07, 6.45) is 1.58. The van der Waals surface area contributed by atoms with E-state index in [4.69, 9.17) is 22.4 Å². The number of nitrogens with one attached hydrogen (secondary N) is 1. The van der Waals surface area contributed by atoms with E-state index < -0.39 is 0 Å². The Kier molecular flexibility index (Phi) is 5.63. The maximum absolute atomic E-state index is 12.0. The monoisotopic (exact) mass is 284 g/mol. The first-order valence-electron chi connectivity index (χ1n) is 6.30. The van der Waals surface area contributed by atoms with Gasteiger partial charge in [0.25, 0.3) is 5.91 Å². The molecule has 0 saturated carbocycles. The van der Waals surface area contributed by atoms with Gasteiger partial charge in [0.1, 0.15) is 0 Å². The number of hydrogen-bond acceptors (Lipinski definition) is 3. The van der Waals surface area contributed by atoms with E-state index >= 15 is 0 Å². The Balaban J connectivity index is 2.60. The third-order valence-corrected chi connectivity index (χ3v) is 3.23. The van der Waals surface area contributed by atoms with E-state index in [0.29, 0.717) is 22.8 Å². The van der Waals surface area contributed by atoms with Crippen molar-refractivity contribution in [3.8, 4) is 0 Å². The smallest absolute Gasteiger partial charge is 0.253 e. The molecule has 0 aliphatic carbocycles. The highest BCUT2D eigenvalue weighted by Gasteiger charge is 2.19. The number of hydrogen-bond donors (Lipinski definition) is 3. The minimum Gasteiger partial charge on any atom is -0.398 e. The van der Waals surface area contributed by atoms with Crippen LogP contribution in [0.15, 0.2) is 18.2 Å². The highest BCUT2D eigenvalue weighted by molar-refractivity contribution is 6.31. The quantitative estimate of drug-likeness (QED) is 0.702. The van der Waals surface area contributed by atoms with Crippen LogP contribution in [-0.2, 0) is 0 Å². The SMILES string of the molecule is CC(C)(CCCO)CNC(=O)c1ccc(Cl)cc1N. The van der Waals surface area contributed by atoms with Gasteiger partial charge in [0.15, 0.2) is 0 Å². The van der Waals surface area contributed by atoms with Crippen molar-refractivity contribution < 1.29 is 9.90 Å². The lowest BCUT2D eigenvalue weighted by molar-refractivity contribution is 0.0934. The Morgan fingerprint density at radius 3 is 2.74 bits per heavy atom. The maximum Gasteiger partial charge on any atom is 0.253 e. The van der Waals surface area contributed by atoms with Crippen LogP contribution >= 0.6 is 11.6 Å². The number of aliphatic hydroxyl groups excluding tert-OH is 1. The predicted octanol–water partition coefficient (Wildman–Crippen LogP) is 2.45. The lowest BCUT2D eigenvalue weighted by Crippen LogP contribution is -2.34. The largest absolute Gasteiger partial charge is 0.398 e. The summed E-state index contributed by atoms with van der Waals surface area (Å²) in [6, 6.07) is 4.82. The standard InChI is InChI=1S/C14H21ClN2O2/c1-14(2,6-3-7-18)9-17-13(19)11-5-4-10(15)8-12(11)16/h4-5,8,18H,3,6-7,9,16H2,1-2H3,(H,17,19). The molecule has 0 spiro atoms. The molecule has 0 aliphatic rings. The van der Waals surface area contributed by atoms with Gasteiger partial charge in [-0.15, -0.1) is 0 Å². The first-order valence-corrected chi connectivity index (χ1v) is 6.67. The molecular weight excluding hydrogens is 264 g/mol. The van der Waals surface area contributed by atoms with Gasteiger partial charge in [-0.05, 0) is 36.5 Å². The van der Waals surface area contributed by atoms with Crippen LogP contribution in [0.2, 0.25) is 5.02 Å². The maximum atomic E-state index is 12.0. The molecule has 1 amide bonds. The van der Waals surface area contributed by atoms with Crippen LogP contribution in [0.3, 0.4) is 0 Å². The highest BCUT2D eigenvalue weighted by Crippen LogP contribution is 2.22. The van der Waals surface area contributed by atoms with Crippen molar-refractivity contribution in [1.29, 1.82) is 0 Å². The van der Waals surface area contributed by atoms with E-state index in [2.05, 4.69) is 5.32 Å². The second kappa shape index (κ2) is 6.78. The molecular formula is C14H21ClN2O2. The van der Waals surface area contributed by atoms with E-state index in [9.17, 15) is 4.79 Å². The van der Waals surface area contributed by atoms with Crippen LogP contribution in [0.25, 0.3) is 0 Å². The average Bonchev–Trinajstić information content (AvgIpc) is 2.34. The molecule has 0 fully saturated rings. The van der Waals surface area contributed by atoms with Crippen LogP contribution in [0, 0.1) is 5.41 Å². The van der Waals surface area contributed by atoms with Gasteiger partial charge in [-0.2, -0.15) is 0 Å². The molecule has 0 heterocycles. The molecule has 0 aliphatic heterocycles. The molecule has 1 aromatic rings. The van der Waals surface area contributed by atoms with E-state index in [1.165, 1.54) is 0 Å². The zero-order chi connectivity index (χ0) is 14.5. The summed E-state index contributed by atoms with van der Waals surface area (Å²) in [5, 5.41) is 12.2. The van der Waals surface area contributed by atoms with Gasteiger partial charge < -0.3 is 16.2 Å². The van der Waals surface area contributed by atoms with Crippen LogP contribution in [0.5, 0.6) is 0 Å². The molecule has 0 bridgehead atoms. The van der Waals surface area contributed by atoms with E-state index in [1.54, 1.807) is 18.2 Å². The molecule has 1 aromatic carbocycles. The Morgan fingerprint density at radius 1 is 1.47 bits per heavy atom. The summed E-state index contributed by atoms with van der Waals surface area (Å²) in [5.41, 5.74) is 6.51. The second-order valence-corrected chi connectivity index (χ2v) is 5.84. The van der Waals surface area contributed by atoms with E-state index in [0.717, 1.165) is 12.8 Å². The summed E-state index contributed by atoms with van der Waals surface area (Å²) in [7, 11) is 0. The summed E-state index contributed by atoms with van der Waals surface area (Å²) in [4.78, 5) is 12.0. The average molecular weight is 285 g/mol. The molecule has 106 valence electrons. The normalized spacial score (nSPS) is 11.4. The van der Waals surface area contributed by atoms with Crippen molar-refractivity contribution in [2.75, 3.05) is 18.9 Å². The summed E-state index contributed by atoms with van der Waals surface area (Å²) < 4.78 is 0. The van der Waals surface area contributed by atoms with Gasteiger partial charge in [0.2, 0.25) is 0 Å². The number of carbonyl (C=O) groups excluding carboxylic acids is 1. The molecule has 4 N–H and O–H groups in total. The number of rotatable bonds is 6. The molecule has 5 heteroatoms. The second-order valence-electron chi connectivity index (χ2n) is 5.41. The van der Waals surface area contributed by atoms with Gasteiger partial charge in [-0.25, -0.2) is 0 Å². The molecule has 0 aromatic heterocycles. The summed E-state index contributed by atoms with van der Waals surface area (Å²) in [5.74, 6) is -0.203. The predicted molar refractivity (Wildman–Crippen MR) is 78.3 cm³/mol. The fourth-order valence-corrected chi connectivity index (χ4v) is 1.98. The molecule has 0 saturated heterocycles. The molecule has 0 unspecified atom stereocenters. The number of anilines is 1. The van der Waals surface area contributed by atoms with Gasteiger partial charge in [0.05, 0.1) is 5.56 Å². The molecule has 0 radical (unpaired) electrons. The van der Waals surface area contributed by atoms with Crippen LogP contribution in [0.1, 0.15) is 37.0 Å². The van der Waals surface area contributed by atoms with Gasteiger partial charge in [-0.3, -0.25) is 4.79 Å². The number of halogens is 1. The Hall–Kier alpha value is -1.26. The van der Waals surface area contributed by atoms with Crippen molar-refractivity contribution >= 4 is 23.2 Å². The van der Waals surface area contributed by atoms with Gasteiger partial charge >= 0.3 is 0 Å². The van der Waals surface area contributed by atoms with Crippen LogP contribution < -0.4 is 11.1 Å². The lowest BCUT2D eigenvalue weighted by atomic mass is 9.88. The van der Waals surface area contributed by atoms with E-state index in [1.807, 2.05) is 13.8 Å². The van der Waals surface area contributed by atoms with Crippen molar-refractivity contribution in [2.24, 2.45) is 5.41 Å². The van der Waals surface area contributed by atoms with Gasteiger partial charge in [0, 0.05) is 23.9 Å². The molecule has 19 heavy (non-hydrogen) atoms. The number of aliphatic hydroxyl groups is 1.